The topological polar surface area (TPSA) is 84.2 Å². The van der Waals surface area contributed by atoms with Gasteiger partial charge in [0.1, 0.15) is 5.76 Å². The molecule has 2 heterocycles. The van der Waals surface area contributed by atoms with E-state index in [1.54, 1.807) is 25.3 Å². The molecule has 0 aliphatic carbocycles. The van der Waals surface area contributed by atoms with Crippen LogP contribution in [0.3, 0.4) is 0 Å². The van der Waals surface area contributed by atoms with Gasteiger partial charge in [0.05, 0.1) is 10.6 Å². The van der Waals surface area contributed by atoms with E-state index in [2.05, 4.69) is 15.2 Å². The van der Waals surface area contributed by atoms with Crippen LogP contribution in [-0.2, 0) is 23.1 Å². The minimum absolute atomic E-state index is 0.181. The maximum Gasteiger partial charge on any atom is 0.241 e. The predicted octanol–water partition coefficient (Wildman–Crippen LogP) is 1.55. The first-order valence-corrected chi connectivity index (χ1v) is 8.43. The Morgan fingerprint density at radius 1 is 1.35 bits per heavy atom. The van der Waals surface area contributed by atoms with Crippen LogP contribution in [-0.4, -0.2) is 20.6 Å². The number of thiophene rings is 1. The number of nitrogens with one attached hydrogen (secondary N) is 2. The van der Waals surface area contributed by atoms with E-state index in [1.807, 2.05) is 7.05 Å². The lowest BCUT2D eigenvalue weighted by Crippen LogP contribution is -2.23. The first-order chi connectivity index (χ1) is 9.44. The summed E-state index contributed by atoms with van der Waals surface area (Å²) in [5.74, 6) is 0.631. The van der Waals surface area contributed by atoms with E-state index in [1.165, 1.54) is 11.3 Å². The molecule has 0 saturated heterocycles. The SMILES string of the molecule is CNCc1cc(S(=O)(=O)NCc2c(C)noc2C)cs1. The highest BCUT2D eigenvalue weighted by atomic mass is 32.2. The van der Waals surface area contributed by atoms with E-state index in [0.29, 0.717) is 22.9 Å². The predicted molar refractivity (Wildman–Crippen MR) is 77.1 cm³/mol. The summed E-state index contributed by atoms with van der Waals surface area (Å²) in [6.45, 7) is 4.39. The molecule has 0 bridgehead atoms. The molecule has 2 rings (SSSR count). The molecule has 0 aliphatic heterocycles. The van der Waals surface area contributed by atoms with E-state index in [0.717, 1.165) is 10.4 Å². The number of rotatable bonds is 6. The molecule has 6 nitrogen and oxygen atoms in total. The molecule has 2 aromatic heterocycles. The van der Waals surface area contributed by atoms with Gasteiger partial charge in [-0.1, -0.05) is 5.16 Å². The standard InChI is InChI=1S/C12H17N3O3S2/c1-8-12(9(2)18-15-8)6-14-20(16,17)11-4-10(5-13-3)19-7-11/h4,7,13-14H,5-6H2,1-3H3. The molecule has 0 unspecified atom stereocenters. The summed E-state index contributed by atoms with van der Waals surface area (Å²) in [4.78, 5) is 1.27. The molecule has 0 fully saturated rings. The van der Waals surface area contributed by atoms with Gasteiger partial charge in [0.25, 0.3) is 0 Å². The van der Waals surface area contributed by atoms with Crippen molar-refractivity contribution >= 4 is 21.4 Å². The van der Waals surface area contributed by atoms with Crippen molar-refractivity contribution in [1.29, 1.82) is 0 Å². The Hall–Kier alpha value is -1.22. The fraction of sp³-hybridized carbons (Fsp3) is 0.417. The average molecular weight is 315 g/mol. The second-order valence-corrected chi connectivity index (χ2v) is 7.17. The minimum Gasteiger partial charge on any atom is -0.361 e. The van der Waals surface area contributed by atoms with Crippen LogP contribution in [0.5, 0.6) is 0 Å². The number of hydrogen-bond acceptors (Lipinski definition) is 6. The van der Waals surface area contributed by atoms with Gasteiger partial charge in [-0.3, -0.25) is 0 Å². The summed E-state index contributed by atoms with van der Waals surface area (Å²) < 4.78 is 32.0. The van der Waals surface area contributed by atoms with Crippen LogP contribution >= 0.6 is 11.3 Å². The summed E-state index contributed by atoms with van der Waals surface area (Å²) in [5.41, 5.74) is 1.48. The molecule has 0 aliphatic rings. The van der Waals surface area contributed by atoms with Gasteiger partial charge in [-0.25, -0.2) is 13.1 Å². The van der Waals surface area contributed by atoms with E-state index >= 15 is 0 Å². The zero-order valence-corrected chi connectivity index (χ0v) is 13.2. The van der Waals surface area contributed by atoms with Gasteiger partial charge in [0.15, 0.2) is 0 Å². The van der Waals surface area contributed by atoms with E-state index < -0.39 is 10.0 Å². The molecular weight excluding hydrogens is 298 g/mol. The van der Waals surface area contributed by atoms with Crippen molar-refractivity contribution < 1.29 is 12.9 Å². The highest BCUT2D eigenvalue weighted by molar-refractivity contribution is 7.89. The van der Waals surface area contributed by atoms with Crippen molar-refractivity contribution in [2.45, 2.75) is 31.8 Å². The van der Waals surface area contributed by atoms with Crippen molar-refractivity contribution in [3.63, 3.8) is 0 Å². The fourth-order valence-electron chi connectivity index (χ4n) is 1.77. The zero-order valence-electron chi connectivity index (χ0n) is 11.6. The van der Waals surface area contributed by atoms with Crippen LogP contribution in [0, 0.1) is 13.8 Å². The first-order valence-electron chi connectivity index (χ1n) is 6.07. The Balaban J connectivity index is 2.11. The van der Waals surface area contributed by atoms with Crippen LogP contribution in [0.2, 0.25) is 0 Å². The van der Waals surface area contributed by atoms with Crippen LogP contribution < -0.4 is 10.0 Å². The normalized spacial score (nSPS) is 11.9. The van der Waals surface area contributed by atoms with Crippen molar-refractivity contribution in [1.82, 2.24) is 15.2 Å². The molecule has 110 valence electrons. The third-order valence-corrected chi connectivity index (χ3v) is 5.38. The van der Waals surface area contributed by atoms with Gasteiger partial charge < -0.3 is 9.84 Å². The van der Waals surface area contributed by atoms with Crippen molar-refractivity contribution in [2.24, 2.45) is 0 Å². The molecule has 0 spiro atoms. The summed E-state index contributed by atoms with van der Waals surface area (Å²) in [5, 5.41) is 8.44. The molecule has 0 amide bonds. The number of aryl methyl sites for hydroxylation is 2. The van der Waals surface area contributed by atoms with Crippen molar-refractivity contribution in [3.8, 4) is 0 Å². The summed E-state index contributed by atoms with van der Waals surface area (Å²) >= 11 is 1.42. The zero-order chi connectivity index (χ0) is 14.8. The second-order valence-electron chi connectivity index (χ2n) is 4.41. The van der Waals surface area contributed by atoms with Crippen molar-refractivity contribution in [2.75, 3.05) is 7.05 Å². The lowest BCUT2D eigenvalue weighted by atomic mass is 10.2. The smallest absolute Gasteiger partial charge is 0.241 e. The molecule has 0 atom stereocenters. The molecule has 2 aromatic rings. The minimum atomic E-state index is -3.50. The fourth-order valence-corrected chi connectivity index (χ4v) is 4.06. The van der Waals surface area contributed by atoms with E-state index in [-0.39, 0.29) is 6.54 Å². The summed E-state index contributed by atoms with van der Waals surface area (Å²) in [7, 11) is -1.68. The molecule has 0 saturated carbocycles. The highest BCUT2D eigenvalue weighted by Crippen LogP contribution is 2.20. The Labute approximate surface area is 122 Å². The van der Waals surface area contributed by atoms with E-state index in [4.69, 9.17) is 4.52 Å². The molecule has 8 heteroatoms. The molecule has 20 heavy (non-hydrogen) atoms. The van der Waals surface area contributed by atoms with Crippen molar-refractivity contribution in [3.05, 3.63) is 33.3 Å². The number of nitrogens with zero attached hydrogens (tertiary/aromatic N) is 1. The monoisotopic (exact) mass is 315 g/mol. The molecule has 0 aromatic carbocycles. The third-order valence-electron chi connectivity index (χ3n) is 2.91. The average Bonchev–Trinajstić information content (AvgIpc) is 2.97. The maximum atomic E-state index is 12.2. The molecular formula is C12H17N3O3S2. The molecule has 2 N–H and O–H groups in total. The second kappa shape index (κ2) is 6.04. The lowest BCUT2D eigenvalue weighted by molar-refractivity contribution is 0.392. The third kappa shape index (κ3) is 3.26. The Bertz CT molecular complexity index is 669. The van der Waals surface area contributed by atoms with Crippen LogP contribution in [0.1, 0.15) is 21.9 Å². The largest absolute Gasteiger partial charge is 0.361 e. The summed E-state index contributed by atoms with van der Waals surface area (Å²) in [6.07, 6.45) is 0. The Morgan fingerprint density at radius 3 is 2.70 bits per heavy atom. The quantitative estimate of drug-likeness (QED) is 0.845. The van der Waals surface area contributed by atoms with Gasteiger partial charge in [0, 0.05) is 28.9 Å². The molecule has 0 radical (unpaired) electrons. The van der Waals surface area contributed by atoms with Gasteiger partial charge >= 0.3 is 0 Å². The van der Waals surface area contributed by atoms with Crippen LogP contribution in [0.15, 0.2) is 20.9 Å². The van der Waals surface area contributed by atoms with Gasteiger partial charge in [0.2, 0.25) is 10.0 Å². The van der Waals surface area contributed by atoms with Crippen LogP contribution in [0.4, 0.5) is 0 Å². The van der Waals surface area contributed by atoms with Gasteiger partial charge in [-0.05, 0) is 27.0 Å². The van der Waals surface area contributed by atoms with Crippen LogP contribution in [0.25, 0.3) is 0 Å². The number of sulfonamides is 1. The summed E-state index contributed by atoms with van der Waals surface area (Å²) in [6, 6.07) is 1.68. The van der Waals surface area contributed by atoms with E-state index in [9.17, 15) is 8.42 Å². The maximum absolute atomic E-state index is 12.2. The Morgan fingerprint density at radius 2 is 2.10 bits per heavy atom. The van der Waals surface area contributed by atoms with Gasteiger partial charge in [-0.15, -0.1) is 11.3 Å². The number of aromatic nitrogens is 1. The number of hydrogen-bond donors (Lipinski definition) is 2. The van der Waals surface area contributed by atoms with Gasteiger partial charge in [-0.2, -0.15) is 0 Å². The Kier molecular flexibility index (Phi) is 4.59. The highest BCUT2D eigenvalue weighted by Gasteiger charge is 2.18. The lowest BCUT2D eigenvalue weighted by Gasteiger charge is -2.04. The first kappa shape index (κ1) is 15.2.